The van der Waals surface area contributed by atoms with Crippen LogP contribution in [-0.4, -0.2) is 29.0 Å². The normalized spacial score (nSPS) is 12.1. The fraction of sp³-hybridized carbons (Fsp3) is 0.350. The Kier molecular flexibility index (Phi) is 5.20. The molecule has 0 radical (unpaired) electrons. The van der Waals surface area contributed by atoms with E-state index in [0.29, 0.717) is 5.56 Å². The van der Waals surface area contributed by atoms with Gasteiger partial charge in [0.25, 0.3) is 0 Å². The summed E-state index contributed by atoms with van der Waals surface area (Å²) in [5.41, 5.74) is 1.53. The molecular weight excluding hydrogens is 328 g/mol. The second-order valence-corrected chi connectivity index (χ2v) is 18.5. The fourth-order valence-corrected chi connectivity index (χ4v) is 5.03. The average Bonchev–Trinajstić information content (AvgIpc) is 2.52. The summed E-state index contributed by atoms with van der Waals surface area (Å²) in [6.45, 7) is 14.0. The van der Waals surface area contributed by atoms with Gasteiger partial charge < -0.3 is 4.74 Å². The molecule has 0 saturated heterocycles. The summed E-state index contributed by atoms with van der Waals surface area (Å²) < 4.78 is 5.18. The molecule has 0 amide bonds. The van der Waals surface area contributed by atoms with Crippen LogP contribution in [0.25, 0.3) is 0 Å². The summed E-state index contributed by atoms with van der Waals surface area (Å²) >= 11 is 0. The maximum Gasteiger partial charge on any atom is 0.193 e. The minimum atomic E-state index is -1.49. The lowest BCUT2D eigenvalue weighted by molar-refractivity contribution is 0.103. The summed E-state index contributed by atoms with van der Waals surface area (Å²) in [5.74, 6) is 0.863. The molecule has 24 heavy (non-hydrogen) atoms. The highest BCUT2D eigenvalue weighted by Crippen LogP contribution is 2.16. The Morgan fingerprint density at radius 1 is 0.750 bits per heavy atom. The maximum atomic E-state index is 13.0. The predicted molar refractivity (Wildman–Crippen MR) is 109 cm³/mol. The molecule has 2 aromatic rings. The van der Waals surface area contributed by atoms with E-state index in [1.54, 1.807) is 7.11 Å². The van der Waals surface area contributed by atoms with E-state index in [9.17, 15) is 4.79 Å². The van der Waals surface area contributed by atoms with E-state index in [1.165, 1.54) is 10.4 Å². The average molecular weight is 357 g/mol. The molecule has 2 rings (SSSR count). The summed E-state index contributed by atoms with van der Waals surface area (Å²) in [6, 6.07) is 13.9. The molecule has 0 saturated carbocycles. The molecule has 0 aliphatic heterocycles. The van der Waals surface area contributed by atoms with Crippen molar-refractivity contribution < 1.29 is 9.53 Å². The van der Waals surface area contributed by atoms with Gasteiger partial charge in [-0.05, 0) is 24.3 Å². The van der Waals surface area contributed by atoms with E-state index in [0.717, 1.165) is 11.3 Å². The van der Waals surface area contributed by atoms with Crippen molar-refractivity contribution in [2.45, 2.75) is 39.3 Å². The second kappa shape index (κ2) is 6.69. The lowest BCUT2D eigenvalue weighted by Gasteiger charge is -2.24. The van der Waals surface area contributed by atoms with E-state index < -0.39 is 16.1 Å². The third-order valence-electron chi connectivity index (χ3n) is 4.28. The molecule has 0 spiro atoms. The van der Waals surface area contributed by atoms with E-state index >= 15 is 0 Å². The minimum absolute atomic E-state index is 0.0947. The Morgan fingerprint density at radius 3 is 1.58 bits per heavy atom. The zero-order chi connectivity index (χ0) is 18.1. The zero-order valence-corrected chi connectivity index (χ0v) is 17.9. The molecule has 4 heteroatoms. The summed E-state index contributed by atoms with van der Waals surface area (Å²) in [7, 11) is -1.34. The number of ketones is 1. The van der Waals surface area contributed by atoms with Crippen LogP contribution in [0.1, 0.15) is 15.9 Å². The molecule has 0 fully saturated rings. The van der Waals surface area contributed by atoms with Crippen molar-refractivity contribution in [2.75, 3.05) is 7.11 Å². The number of hydrogen-bond donors (Lipinski definition) is 0. The van der Waals surface area contributed by atoms with Crippen LogP contribution in [0.3, 0.4) is 0 Å². The Bertz CT molecular complexity index is 703. The zero-order valence-electron chi connectivity index (χ0n) is 15.9. The molecule has 0 heterocycles. The van der Waals surface area contributed by atoms with Gasteiger partial charge in [-0.25, -0.2) is 0 Å². The first-order valence-electron chi connectivity index (χ1n) is 8.37. The Balaban J connectivity index is 2.53. The van der Waals surface area contributed by atoms with E-state index in [2.05, 4.69) is 57.5 Å². The number of rotatable bonds is 5. The lowest BCUT2D eigenvalue weighted by Crippen LogP contribution is -2.45. The maximum absolute atomic E-state index is 13.0. The molecule has 0 N–H and O–H groups in total. The lowest BCUT2D eigenvalue weighted by atomic mass is 10.0. The van der Waals surface area contributed by atoms with E-state index in [4.69, 9.17) is 4.74 Å². The standard InChI is InChI=1S/C20H28O2Si2/c1-22-17-10-8-15(9-11-17)20(21)16-12-18(23(2,3)4)14-19(13-16)24(5,6)7/h8-14H,1-7H3. The van der Waals surface area contributed by atoms with Gasteiger partial charge >= 0.3 is 0 Å². The summed E-state index contributed by atoms with van der Waals surface area (Å²) in [5, 5.41) is 2.72. The Hall–Kier alpha value is -1.66. The number of ether oxygens (including phenoxy) is 1. The molecular formula is C20H28O2Si2. The third kappa shape index (κ3) is 4.25. The molecule has 0 bridgehead atoms. The van der Waals surface area contributed by atoms with Gasteiger partial charge in [0.2, 0.25) is 0 Å². The van der Waals surface area contributed by atoms with Gasteiger partial charge in [0.1, 0.15) is 5.75 Å². The van der Waals surface area contributed by atoms with Crippen molar-refractivity contribution in [1.82, 2.24) is 0 Å². The number of benzene rings is 2. The van der Waals surface area contributed by atoms with Crippen LogP contribution in [-0.2, 0) is 0 Å². The molecule has 2 nitrogen and oxygen atoms in total. The van der Waals surface area contributed by atoms with Crippen molar-refractivity contribution in [2.24, 2.45) is 0 Å². The first-order valence-corrected chi connectivity index (χ1v) is 15.4. The summed E-state index contributed by atoms with van der Waals surface area (Å²) in [4.78, 5) is 13.0. The Morgan fingerprint density at radius 2 is 1.21 bits per heavy atom. The van der Waals surface area contributed by atoms with E-state index in [1.807, 2.05) is 24.3 Å². The van der Waals surface area contributed by atoms with Crippen molar-refractivity contribution in [1.29, 1.82) is 0 Å². The van der Waals surface area contributed by atoms with Crippen molar-refractivity contribution in [3.05, 3.63) is 53.6 Å². The van der Waals surface area contributed by atoms with Gasteiger partial charge in [0, 0.05) is 11.1 Å². The van der Waals surface area contributed by atoms with Crippen molar-refractivity contribution >= 4 is 32.3 Å². The first-order chi connectivity index (χ1) is 11.0. The summed E-state index contributed by atoms with van der Waals surface area (Å²) in [6.07, 6.45) is 0. The molecule has 0 aliphatic carbocycles. The quantitative estimate of drug-likeness (QED) is 0.597. The second-order valence-electron chi connectivity index (χ2n) is 8.36. The van der Waals surface area contributed by atoms with Gasteiger partial charge in [-0.15, -0.1) is 0 Å². The number of methoxy groups -OCH3 is 1. The predicted octanol–water partition coefficient (Wildman–Crippen LogP) is 4.02. The molecule has 0 atom stereocenters. The molecule has 0 aliphatic rings. The number of hydrogen-bond acceptors (Lipinski definition) is 2. The van der Waals surface area contributed by atoms with Crippen molar-refractivity contribution in [3.8, 4) is 5.75 Å². The van der Waals surface area contributed by atoms with Crippen LogP contribution in [0.5, 0.6) is 5.75 Å². The van der Waals surface area contributed by atoms with Gasteiger partial charge in [0.05, 0.1) is 23.3 Å². The highest BCUT2D eigenvalue weighted by molar-refractivity contribution is 6.91. The highest BCUT2D eigenvalue weighted by Gasteiger charge is 2.24. The third-order valence-corrected chi connectivity index (χ3v) is 8.32. The molecule has 128 valence electrons. The largest absolute Gasteiger partial charge is 0.497 e. The minimum Gasteiger partial charge on any atom is -0.497 e. The molecule has 2 aromatic carbocycles. The topological polar surface area (TPSA) is 26.3 Å². The van der Waals surface area contributed by atoms with Crippen LogP contribution in [0, 0.1) is 0 Å². The number of carbonyl (C=O) groups excluding carboxylic acids is 1. The van der Waals surface area contributed by atoms with Crippen LogP contribution in [0.15, 0.2) is 42.5 Å². The van der Waals surface area contributed by atoms with Gasteiger partial charge in [0.15, 0.2) is 5.78 Å². The van der Waals surface area contributed by atoms with E-state index in [-0.39, 0.29) is 5.78 Å². The Labute approximate surface area is 147 Å². The fourth-order valence-electron chi connectivity index (χ4n) is 2.53. The highest BCUT2D eigenvalue weighted by atomic mass is 28.3. The SMILES string of the molecule is COc1ccc(C(=O)c2cc([Si](C)(C)C)cc([Si](C)(C)C)c2)cc1. The molecule has 0 aromatic heterocycles. The van der Waals surface area contributed by atoms with Crippen molar-refractivity contribution in [3.63, 3.8) is 0 Å². The van der Waals surface area contributed by atoms with Crippen LogP contribution in [0.4, 0.5) is 0 Å². The van der Waals surface area contributed by atoms with Gasteiger partial charge in [-0.2, -0.15) is 0 Å². The first kappa shape index (κ1) is 18.7. The van der Waals surface area contributed by atoms with Gasteiger partial charge in [-0.1, -0.05) is 67.9 Å². The smallest absolute Gasteiger partial charge is 0.193 e. The monoisotopic (exact) mass is 356 g/mol. The van der Waals surface area contributed by atoms with Crippen LogP contribution < -0.4 is 15.1 Å². The van der Waals surface area contributed by atoms with Crippen LogP contribution in [0.2, 0.25) is 39.3 Å². The van der Waals surface area contributed by atoms with Gasteiger partial charge in [-0.3, -0.25) is 4.79 Å². The molecule has 0 unspecified atom stereocenters. The van der Waals surface area contributed by atoms with Crippen LogP contribution >= 0.6 is 0 Å². The number of carbonyl (C=O) groups is 1.